The number of halogens is 3. The SMILES string of the molecule is Cc1cc(C(N)=O)cc(C)c1C=O.Cc1cc(C(N)=O)cc(C)c1OS(=O)(=O)C(F)(F)F. The molecule has 0 radical (unpaired) electrons. The van der Waals surface area contributed by atoms with Crippen molar-refractivity contribution in [3.8, 4) is 5.75 Å². The Morgan fingerprint density at radius 3 is 1.47 bits per heavy atom. The highest BCUT2D eigenvalue weighted by atomic mass is 32.2. The number of amides is 2. The molecule has 0 aliphatic rings. The lowest BCUT2D eigenvalue weighted by Gasteiger charge is -2.14. The van der Waals surface area contributed by atoms with Crippen LogP contribution in [-0.2, 0) is 10.1 Å². The summed E-state index contributed by atoms with van der Waals surface area (Å²) < 4.78 is 62.5. The van der Waals surface area contributed by atoms with Crippen molar-refractivity contribution in [2.45, 2.75) is 33.2 Å². The zero-order valence-electron chi connectivity index (χ0n) is 17.5. The number of aldehydes is 1. The number of aryl methyl sites for hydroxylation is 4. The van der Waals surface area contributed by atoms with E-state index >= 15 is 0 Å². The first-order valence-electron chi connectivity index (χ1n) is 8.79. The van der Waals surface area contributed by atoms with Gasteiger partial charge in [-0.15, -0.1) is 0 Å². The number of hydrogen-bond donors (Lipinski definition) is 2. The second-order valence-corrected chi connectivity index (χ2v) is 8.33. The molecule has 0 bridgehead atoms. The van der Waals surface area contributed by atoms with E-state index in [-0.39, 0.29) is 16.7 Å². The maximum absolute atomic E-state index is 12.2. The normalized spacial score (nSPS) is 11.2. The molecule has 2 aromatic rings. The molecule has 0 saturated heterocycles. The van der Waals surface area contributed by atoms with E-state index in [1.165, 1.54) is 13.8 Å². The molecule has 0 aliphatic carbocycles. The third kappa shape index (κ3) is 6.30. The molecule has 0 atom stereocenters. The van der Waals surface area contributed by atoms with Crippen LogP contribution in [0.15, 0.2) is 24.3 Å². The van der Waals surface area contributed by atoms with Crippen molar-refractivity contribution < 1.29 is 40.2 Å². The van der Waals surface area contributed by atoms with Crippen molar-refractivity contribution >= 4 is 28.2 Å². The first-order valence-corrected chi connectivity index (χ1v) is 10.2. The van der Waals surface area contributed by atoms with Crippen molar-refractivity contribution in [1.82, 2.24) is 0 Å². The Morgan fingerprint density at radius 1 is 0.844 bits per heavy atom. The number of carbonyl (C=O) groups excluding carboxylic acids is 3. The third-order valence-corrected chi connectivity index (χ3v) is 5.17. The predicted molar refractivity (Wildman–Crippen MR) is 110 cm³/mol. The van der Waals surface area contributed by atoms with E-state index < -0.39 is 33.2 Å². The molecule has 0 aromatic heterocycles. The molecule has 8 nitrogen and oxygen atoms in total. The molecule has 0 heterocycles. The van der Waals surface area contributed by atoms with Gasteiger partial charge in [-0.3, -0.25) is 14.4 Å². The minimum absolute atomic E-state index is 0.0479. The summed E-state index contributed by atoms with van der Waals surface area (Å²) in [6.07, 6.45) is 0.787. The number of primary amides is 2. The van der Waals surface area contributed by atoms with Crippen LogP contribution in [0.4, 0.5) is 13.2 Å². The van der Waals surface area contributed by atoms with E-state index in [9.17, 15) is 36.0 Å². The molecule has 0 saturated carbocycles. The van der Waals surface area contributed by atoms with Crippen LogP contribution >= 0.6 is 0 Å². The van der Waals surface area contributed by atoms with E-state index in [4.69, 9.17) is 11.5 Å². The van der Waals surface area contributed by atoms with Crippen molar-refractivity contribution in [1.29, 1.82) is 0 Å². The van der Waals surface area contributed by atoms with Gasteiger partial charge in [0, 0.05) is 16.7 Å². The molecule has 0 spiro atoms. The summed E-state index contributed by atoms with van der Waals surface area (Å²) in [4.78, 5) is 32.4. The predicted octanol–water partition coefficient (Wildman–Crippen LogP) is 2.85. The first kappa shape index (κ1) is 26.6. The van der Waals surface area contributed by atoms with Gasteiger partial charge in [-0.1, -0.05) is 0 Å². The average Bonchev–Trinajstić information content (AvgIpc) is 2.63. The molecule has 4 N–H and O–H groups in total. The summed E-state index contributed by atoms with van der Waals surface area (Å²) in [7, 11) is -5.75. The van der Waals surface area contributed by atoms with Gasteiger partial charge in [0.2, 0.25) is 11.8 Å². The molecular formula is C20H21F3N2O6S. The van der Waals surface area contributed by atoms with E-state index in [2.05, 4.69) is 4.18 Å². The molecule has 32 heavy (non-hydrogen) atoms. The summed E-state index contributed by atoms with van der Waals surface area (Å²) in [6, 6.07) is 5.55. The van der Waals surface area contributed by atoms with Gasteiger partial charge in [0.05, 0.1) is 0 Å². The number of nitrogens with two attached hydrogens (primary N) is 2. The highest BCUT2D eigenvalue weighted by Crippen LogP contribution is 2.31. The van der Waals surface area contributed by atoms with E-state index in [1.54, 1.807) is 26.0 Å². The third-order valence-electron chi connectivity index (χ3n) is 4.22. The fourth-order valence-corrected chi connectivity index (χ4v) is 3.26. The van der Waals surface area contributed by atoms with Crippen LogP contribution in [0.5, 0.6) is 5.75 Å². The lowest BCUT2D eigenvalue weighted by molar-refractivity contribution is -0.0500. The molecule has 2 amide bonds. The Bertz CT molecular complexity index is 1130. The fraction of sp³-hybridized carbons (Fsp3) is 0.250. The standard InChI is InChI=1S/C10H10F3NO4S.C10H11NO2/c1-5-3-7(9(14)15)4-6(2)8(5)18-19(16,17)10(11,12)13;1-6-3-8(10(11)13)4-7(2)9(6)5-12/h3-4H,1-2H3,(H2,14,15);3-5H,1-2H3,(H2,11,13). The fourth-order valence-electron chi connectivity index (χ4n) is 2.68. The average molecular weight is 474 g/mol. The summed E-state index contributed by atoms with van der Waals surface area (Å²) >= 11 is 0. The van der Waals surface area contributed by atoms with Gasteiger partial charge in [0.1, 0.15) is 5.75 Å². The van der Waals surface area contributed by atoms with Crippen LogP contribution in [0, 0.1) is 27.7 Å². The Morgan fingerprint density at radius 2 is 1.19 bits per heavy atom. The highest BCUT2D eigenvalue weighted by molar-refractivity contribution is 7.88. The largest absolute Gasteiger partial charge is 0.534 e. The first-order chi connectivity index (χ1) is 14.5. The van der Waals surface area contributed by atoms with Crippen molar-refractivity contribution in [2.24, 2.45) is 11.5 Å². The lowest BCUT2D eigenvalue weighted by Crippen LogP contribution is -2.28. The van der Waals surface area contributed by atoms with Crippen LogP contribution in [0.25, 0.3) is 0 Å². The molecular weight excluding hydrogens is 453 g/mol. The van der Waals surface area contributed by atoms with Gasteiger partial charge < -0.3 is 15.7 Å². The van der Waals surface area contributed by atoms with Crippen LogP contribution in [-0.4, -0.2) is 32.0 Å². The van der Waals surface area contributed by atoms with Crippen LogP contribution < -0.4 is 15.7 Å². The maximum Gasteiger partial charge on any atom is 0.534 e. The van der Waals surface area contributed by atoms with Gasteiger partial charge in [-0.25, -0.2) is 0 Å². The van der Waals surface area contributed by atoms with Gasteiger partial charge in [0.15, 0.2) is 6.29 Å². The molecule has 0 aliphatic heterocycles. The van der Waals surface area contributed by atoms with Gasteiger partial charge in [-0.05, 0) is 74.2 Å². The molecule has 2 rings (SSSR count). The van der Waals surface area contributed by atoms with Crippen molar-refractivity contribution in [2.75, 3.05) is 0 Å². The summed E-state index contributed by atoms with van der Waals surface area (Å²) in [5, 5.41) is 0. The van der Waals surface area contributed by atoms with Gasteiger partial charge >= 0.3 is 15.6 Å². The molecule has 174 valence electrons. The van der Waals surface area contributed by atoms with Crippen LogP contribution in [0.1, 0.15) is 53.3 Å². The van der Waals surface area contributed by atoms with Gasteiger partial charge in [-0.2, -0.15) is 21.6 Å². The van der Waals surface area contributed by atoms with Crippen molar-refractivity contribution in [3.05, 3.63) is 63.2 Å². The summed E-state index contributed by atoms with van der Waals surface area (Å²) in [6.45, 7) is 6.17. The second kappa shape index (κ2) is 9.81. The molecule has 2 aromatic carbocycles. The number of alkyl halides is 3. The summed E-state index contributed by atoms with van der Waals surface area (Å²) in [5.74, 6) is -1.72. The number of carbonyl (C=O) groups is 3. The Balaban J connectivity index is 0.000000343. The number of benzene rings is 2. The quantitative estimate of drug-likeness (QED) is 0.387. The molecule has 0 unspecified atom stereocenters. The topological polar surface area (TPSA) is 147 Å². The van der Waals surface area contributed by atoms with E-state index in [0.717, 1.165) is 29.5 Å². The second-order valence-electron chi connectivity index (χ2n) is 6.79. The maximum atomic E-state index is 12.2. The Labute approximate surface area is 182 Å². The van der Waals surface area contributed by atoms with Crippen molar-refractivity contribution in [3.63, 3.8) is 0 Å². The highest BCUT2D eigenvalue weighted by Gasteiger charge is 2.48. The molecule has 12 heteroatoms. The van der Waals surface area contributed by atoms with E-state index in [1.807, 2.05) is 0 Å². The lowest BCUT2D eigenvalue weighted by atomic mass is 10.0. The summed E-state index contributed by atoms with van der Waals surface area (Å²) in [5.41, 5.74) is 7.42. The Kier molecular flexibility index (Phi) is 8.16. The Hall–Kier alpha value is -3.41. The van der Waals surface area contributed by atoms with Gasteiger partial charge in [0.25, 0.3) is 0 Å². The zero-order chi connectivity index (χ0) is 25.0. The van der Waals surface area contributed by atoms with Crippen LogP contribution in [0.3, 0.4) is 0 Å². The minimum Gasteiger partial charge on any atom is -0.375 e. The number of hydrogen-bond acceptors (Lipinski definition) is 6. The monoisotopic (exact) mass is 474 g/mol. The zero-order valence-corrected chi connectivity index (χ0v) is 18.3. The smallest absolute Gasteiger partial charge is 0.375 e. The van der Waals surface area contributed by atoms with E-state index in [0.29, 0.717) is 11.1 Å². The number of rotatable bonds is 5. The minimum atomic E-state index is -5.75. The molecule has 0 fully saturated rings. The van der Waals surface area contributed by atoms with Crippen LogP contribution in [0.2, 0.25) is 0 Å².